The molecule has 0 atom stereocenters. The van der Waals surface area contributed by atoms with Crippen molar-refractivity contribution in [1.82, 2.24) is 14.5 Å². The molecule has 0 aromatic carbocycles. The number of aryl methyl sites for hydroxylation is 2. The van der Waals surface area contributed by atoms with Crippen LogP contribution in [0.1, 0.15) is 18.3 Å². The van der Waals surface area contributed by atoms with Gasteiger partial charge in [-0.05, 0) is 20.8 Å². The molecule has 0 saturated carbocycles. The van der Waals surface area contributed by atoms with Gasteiger partial charge >= 0.3 is 0 Å². The monoisotopic (exact) mass is 261 g/mol. The van der Waals surface area contributed by atoms with Crippen LogP contribution in [0.4, 0.5) is 0 Å². The van der Waals surface area contributed by atoms with E-state index < -0.39 is 10.0 Å². The highest BCUT2D eigenvalue weighted by Gasteiger charge is 2.23. The lowest BCUT2D eigenvalue weighted by molar-refractivity contribution is 0.204. The minimum Gasteiger partial charge on any atom is -0.383 e. The number of rotatable bonds is 6. The first-order valence-electron chi connectivity index (χ1n) is 5.46. The zero-order valence-corrected chi connectivity index (χ0v) is 11.5. The fourth-order valence-electron chi connectivity index (χ4n) is 1.73. The zero-order valence-electron chi connectivity index (χ0n) is 10.6. The number of nitrogens with one attached hydrogen (secondary N) is 1. The van der Waals surface area contributed by atoms with Crippen LogP contribution in [0.3, 0.4) is 0 Å². The summed E-state index contributed by atoms with van der Waals surface area (Å²) >= 11 is 0. The number of ether oxygens (including phenoxy) is 1. The van der Waals surface area contributed by atoms with E-state index in [9.17, 15) is 8.42 Å². The molecule has 0 aliphatic rings. The van der Waals surface area contributed by atoms with Crippen LogP contribution in [0.5, 0.6) is 0 Å². The highest BCUT2D eigenvalue weighted by Crippen LogP contribution is 2.18. The van der Waals surface area contributed by atoms with Crippen LogP contribution >= 0.6 is 0 Å². The van der Waals surface area contributed by atoms with Crippen molar-refractivity contribution in [2.75, 3.05) is 20.3 Å². The van der Waals surface area contributed by atoms with Crippen molar-refractivity contribution in [3.63, 3.8) is 0 Å². The summed E-state index contributed by atoms with van der Waals surface area (Å²) in [4.78, 5) is 0.274. The van der Waals surface area contributed by atoms with Gasteiger partial charge in [0.2, 0.25) is 10.0 Å². The summed E-state index contributed by atoms with van der Waals surface area (Å²) in [7, 11) is -1.97. The van der Waals surface area contributed by atoms with Gasteiger partial charge in [0, 0.05) is 20.2 Å². The first kappa shape index (κ1) is 14.1. The van der Waals surface area contributed by atoms with Crippen LogP contribution in [0.2, 0.25) is 0 Å². The van der Waals surface area contributed by atoms with E-state index in [1.54, 1.807) is 18.5 Å². The highest BCUT2D eigenvalue weighted by molar-refractivity contribution is 7.89. The second-order valence-corrected chi connectivity index (χ2v) is 5.41. The molecule has 0 aliphatic heterocycles. The summed E-state index contributed by atoms with van der Waals surface area (Å²) in [6.07, 6.45) is 0. The highest BCUT2D eigenvalue weighted by atomic mass is 32.2. The lowest BCUT2D eigenvalue weighted by atomic mass is 10.4. The predicted molar refractivity (Wildman–Crippen MR) is 64.4 cm³/mol. The lowest BCUT2D eigenvalue weighted by Crippen LogP contribution is -2.28. The molecule has 6 nitrogen and oxygen atoms in total. The summed E-state index contributed by atoms with van der Waals surface area (Å²) in [5.41, 5.74) is 1.18. The second-order valence-electron chi connectivity index (χ2n) is 3.71. The van der Waals surface area contributed by atoms with Gasteiger partial charge in [-0.3, -0.25) is 4.68 Å². The molecule has 0 saturated heterocycles. The summed E-state index contributed by atoms with van der Waals surface area (Å²) in [5.74, 6) is 0. The number of nitrogens with zero attached hydrogens (tertiary/aromatic N) is 2. The van der Waals surface area contributed by atoms with E-state index in [-0.39, 0.29) is 11.4 Å². The second kappa shape index (κ2) is 5.61. The Hall–Kier alpha value is -0.920. The first-order chi connectivity index (χ1) is 7.94. The molecule has 1 rings (SSSR count). The van der Waals surface area contributed by atoms with Crippen LogP contribution < -0.4 is 4.72 Å². The van der Waals surface area contributed by atoms with E-state index in [2.05, 4.69) is 9.82 Å². The minimum atomic E-state index is -3.50. The number of aromatic nitrogens is 2. The van der Waals surface area contributed by atoms with E-state index in [0.29, 0.717) is 24.5 Å². The molecular formula is C10H19N3O3S. The van der Waals surface area contributed by atoms with Crippen molar-refractivity contribution in [3.05, 3.63) is 11.4 Å². The van der Waals surface area contributed by atoms with Crippen LogP contribution in [0, 0.1) is 13.8 Å². The van der Waals surface area contributed by atoms with Crippen molar-refractivity contribution in [3.8, 4) is 0 Å². The largest absolute Gasteiger partial charge is 0.383 e. The quantitative estimate of drug-likeness (QED) is 0.754. The molecule has 0 bridgehead atoms. The predicted octanol–water partition coefficient (Wildman–Crippen LogP) is 0.445. The lowest BCUT2D eigenvalue weighted by Gasteiger charge is -2.06. The van der Waals surface area contributed by atoms with Crippen molar-refractivity contribution in [2.24, 2.45) is 0 Å². The maximum absolute atomic E-state index is 12.1. The van der Waals surface area contributed by atoms with Crippen molar-refractivity contribution in [1.29, 1.82) is 0 Å². The van der Waals surface area contributed by atoms with Crippen molar-refractivity contribution < 1.29 is 13.2 Å². The van der Waals surface area contributed by atoms with E-state index in [1.165, 1.54) is 7.11 Å². The molecule has 1 aromatic rings. The Balaban J connectivity index is 3.02. The molecule has 98 valence electrons. The minimum absolute atomic E-state index is 0.259. The summed E-state index contributed by atoms with van der Waals surface area (Å²) < 4.78 is 33.1. The van der Waals surface area contributed by atoms with Gasteiger partial charge < -0.3 is 4.74 Å². The number of hydrogen-bond acceptors (Lipinski definition) is 4. The first-order valence-corrected chi connectivity index (χ1v) is 6.95. The van der Waals surface area contributed by atoms with E-state index >= 15 is 0 Å². The molecule has 0 unspecified atom stereocenters. The molecular weight excluding hydrogens is 242 g/mol. The zero-order chi connectivity index (χ0) is 13.1. The van der Waals surface area contributed by atoms with Crippen molar-refractivity contribution in [2.45, 2.75) is 32.2 Å². The normalized spacial score (nSPS) is 12.0. The Morgan fingerprint density at radius 1 is 1.41 bits per heavy atom. The molecule has 0 radical (unpaired) electrons. The number of sulfonamides is 1. The van der Waals surface area contributed by atoms with Crippen LogP contribution in [-0.2, 0) is 21.3 Å². The molecule has 1 N–H and O–H groups in total. The molecule has 17 heavy (non-hydrogen) atoms. The van der Waals surface area contributed by atoms with Crippen molar-refractivity contribution >= 4 is 10.0 Å². The Labute approximate surface area is 102 Å². The maximum Gasteiger partial charge on any atom is 0.244 e. The average molecular weight is 261 g/mol. The third-order valence-electron chi connectivity index (χ3n) is 2.48. The smallest absolute Gasteiger partial charge is 0.244 e. The fraction of sp³-hybridized carbons (Fsp3) is 0.700. The van der Waals surface area contributed by atoms with Gasteiger partial charge in [0.25, 0.3) is 0 Å². The molecule has 0 fully saturated rings. The Morgan fingerprint density at radius 3 is 2.53 bits per heavy atom. The third kappa shape index (κ3) is 3.05. The van der Waals surface area contributed by atoms with E-state index in [1.807, 2.05) is 6.92 Å². The SMILES string of the molecule is CCn1nc(C)c(S(=O)(=O)NCCOC)c1C. The number of methoxy groups -OCH3 is 1. The summed E-state index contributed by atoms with van der Waals surface area (Å²) in [5, 5.41) is 4.19. The van der Waals surface area contributed by atoms with Crippen LogP contribution in [0.25, 0.3) is 0 Å². The molecule has 1 heterocycles. The third-order valence-corrected chi connectivity index (χ3v) is 4.19. The van der Waals surface area contributed by atoms with Gasteiger partial charge in [-0.2, -0.15) is 5.10 Å². The van der Waals surface area contributed by atoms with Gasteiger partial charge in [-0.15, -0.1) is 0 Å². The molecule has 1 aromatic heterocycles. The van der Waals surface area contributed by atoms with E-state index in [4.69, 9.17) is 4.74 Å². The summed E-state index contributed by atoms with van der Waals surface area (Å²) in [6, 6.07) is 0. The van der Waals surface area contributed by atoms with Gasteiger partial charge in [-0.25, -0.2) is 13.1 Å². The average Bonchev–Trinajstić information content (AvgIpc) is 2.54. The molecule has 0 amide bonds. The fourth-order valence-corrected chi connectivity index (χ4v) is 3.15. The Bertz CT molecular complexity index is 479. The Morgan fingerprint density at radius 2 is 2.06 bits per heavy atom. The molecule has 0 spiro atoms. The number of hydrogen-bond donors (Lipinski definition) is 1. The van der Waals surface area contributed by atoms with Gasteiger partial charge in [0.05, 0.1) is 18.0 Å². The van der Waals surface area contributed by atoms with Gasteiger partial charge in [-0.1, -0.05) is 0 Å². The van der Waals surface area contributed by atoms with Crippen LogP contribution in [-0.4, -0.2) is 38.5 Å². The maximum atomic E-state index is 12.1. The molecule has 0 aliphatic carbocycles. The van der Waals surface area contributed by atoms with Gasteiger partial charge in [0.1, 0.15) is 4.90 Å². The molecule has 7 heteroatoms. The van der Waals surface area contributed by atoms with Gasteiger partial charge in [0.15, 0.2) is 0 Å². The van der Waals surface area contributed by atoms with E-state index in [0.717, 1.165) is 0 Å². The standard InChI is InChI=1S/C10H19N3O3S/c1-5-13-9(3)10(8(2)12-13)17(14,15)11-6-7-16-4/h11H,5-7H2,1-4H3. The summed E-state index contributed by atoms with van der Waals surface area (Å²) in [6.45, 7) is 6.64. The Kier molecular flexibility index (Phi) is 4.67. The van der Waals surface area contributed by atoms with Crippen LogP contribution in [0.15, 0.2) is 4.90 Å². The topological polar surface area (TPSA) is 73.2 Å².